The zero-order valence-corrected chi connectivity index (χ0v) is 18.4. The van der Waals surface area contributed by atoms with Crippen LogP contribution in [0.1, 0.15) is 5.56 Å². The summed E-state index contributed by atoms with van der Waals surface area (Å²) >= 11 is 6.06. The molecule has 162 valence electrons. The second-order valence-electron chi connectivity index (χ2n) is 7.12. The molecule has 0 aliphatic carbocycles. The van der Waals surface area contributed by atoms with E-state index in [4.69, 9.17) is 16.3 Å². The van der Waals surface area contributed by atoms with E-state index in [1.165, 1.54) is 12.1 Å². The summed E-state index contributed by atoms with van der Waals surface area (Å²) in [4.78, 5) is 2.30. The van der Waals surface area contributed by atoms with E-state index in [0.29, 0.717) is 29.7 Å². The van der Waals surface area contributed by atoms with Gasteiger partial charge in [-0.2, -0.15) is 5.10 Å². The number of benzene rings is 2. The topological polar surface area (TPSA) is 96.5 Å². The van der Waals surface area contributed by atoms with Crippen molar-refractivity contribution in [1.82, 2.24) is 10.2 Å². The van der Waals surface area contributed by atoms with Gasteiger partial charge in [-0.3, -0.25) is 4.72 Å². The van der Waals surface area contributed by atoms with Crippen molar-refractivity contribution in [2.45, 2.75) is 11.8 Å². The highest BCUT2D eigenvalue weighted by molar-refractivity contribution is 7.92. The smallest absolute Gasteiger partial charge is 0.261 e. The second-order valence-corrected chi connectivity index (χ2v) is 9.21. The molecule has 2 N–H and O–H groups in total. The van der Waals surface area contributed by atoms with Crippen LogP contribution >= 0.6 is 11.6 Å². The summed E-state index contributed by atoms with van der Waals surface area (Å²) in [5.41, 5.74) is 2.99. The number of anilines is 4. The number of aryl methyl sites for hydroxylation is 1. The first kappa shape index (κ1) is 21.4. The second kappa shape index (κ2) is 9.09. The average Bonchev–Trinajstić information content (AvgIpc) is 2.77. The van der Waals surface area contributed by atoms with E-state index in [0.717, 1.165) is 30.0 Å². The van der Waals surface area contributed by atoms with Gasteiger partial charge in [0.25, 0.3) is 10.0 Å². The van der Waals surface area contributed by atoms with E-state index in [1.807, 2.05) is 13.0 Å². The Morgan fingerprint density at radius 2 is 1.74 bits per heavy atom. The molecule has 31 heavy (non-hydrogen) atoms. The van der Waals surface area contributed by atoms with E-state index in [1.54, 1.807) is 36.5 Å². The summed E-state index contributed by atoms with van der Waals surface area (Å²) in [6.07, 6.45) is 1.73. The summed E-state index contributed by atoms with van der Waals surface area (Å²) in [6, 6.07) is 13.5. The Balaban J connectivity index is 1.44. The lowest BCUT2D eigenvalue weighted by Gasteiger charge is -2.28. The first-order valence-electron chi connectivity index (χ1n) is 9.72. The molecule has 0 saturated carbocycles. The van der Waals surface area contributed by atoms with Crippen LogP contribution in [0.4, 0.5) is 22.9 Å². The third-order valence-corrected chi connectivity index (χ3v) is 6.67. The molecule has 0 radical (unpaired) electrons. The van der Waals surface area contributed by atoms with Crippen molar-refractivity contribution in [3.63, 3.8) is 0 Å². The lowest BCUT2D eigenvalue weighted by atomic mass is 10.2. The first-order valence-corrected chi connectivity index (χ1v) is 11.6. The van der Waals surface area contributed by atoms with Crippen molar-refractivity contribution in [2.75, 3.05) is 41.2 Å². The van der Waals surface area contributed by atoms with Crippen molar-refractivity contribution >= 4 is 44.5 Å². The highest BCUT2D eigenvalue weighted by Crippen LogP contribution is 2.24. The minimum atomic E-state index is -3.74. The van der Waals surface area contributed by atoms with E-state index in [2.05, 4.69) is 25.1 Å². The molecule has 2 heterocycles. The molecule has 1 fully saturated rings. The predicted molar refractivity (Wildman–Crippen MR) is 122 cm³/mol. The molecule has 1 aliphatic heterocycles. The van der Waals surface area contributed by atoms with Crippen LogP contribution in [0.5, 0.6) is 0 Å². The van der Waals surface area contributed by atoms with Gasteiger partial charge in [-0.25, -0.2) is 8.42 Å². The molecule has 0 amide bonds. The monoisotopic (exact) mass is 459 g/mol. The molecular weight excluding hydrogens is 438 g/mol. The lowest BCUT2D eigenvalue weighted by molar-refractivity contribution is 0.122. The summed E-state index contributed by atoms with van der Waals surface area (Å²) in [7, 11) is -3.74. The van der Waals surface area contributed by atoms with E-state index >= 15 is 0 Å². The minimum absolute atomic E-state index is 0.112. The molecule has 3 aromatic rings. The lowest BCUT2D eigenvalue weighted by Crippen LogP contribution is -2.36. The van der Waals surface area contributed by atoms with Gasteiger partial charge in [0.05, 0.1) is 30.0 Å². The first-order chi connectivity index (χ1) is 14.9. The minimum Gasteiger partial charge on any atom is -0.378 e. The predicted octanol–water partition coefficient (Wildman–Crippen LogP) is 3.82. The Morgan fingerprint density at radius 3 is 2.45 bits per heavy atom. The van der Waals surface area contributed by atoms with Crippen LogP contribution in [0.3, 0.4) is 0 Å². The Morgan fingerprint density at radius 1 is 1.03 bits per heavy atom. The Hall–Kier alpha value is -2.88. The maximum absolute atomic E-state index is 12.6. The molecule has 8 nitrogen and oxygen atoms in total. The normalized spacial score (nSPS) is 14.3. The standard InChI is InChI=1S/C21H22ClN5O3S/c1-15-2-7-19(13-20(15)22)31(28,29)26-17-5-3-16(4-6-17)24-21-12-18(14-23-25-21)27-8-10-30-11-9-27/h2-7,12-14,26H,8-11H2,1H3,(H,24,25). The number of aromatic nitrogens is 2. The summed E-state index contributed by atoms with van der Waals surface area (Å²) in [6.45, 7) is 4.83. The van der Waals surface area contributed by atoms with Gasteiger partial charge >= 0.3 is 0 Å². The van der Waals surface area contributed by atoms with E-state index < -0.39 is 10.0 Å². The molecule has 0 bridgehead atoms. The number of sulfonamides is 1. The van der Waals surface area contributed by atoms with Crippen LogP contribution < -0.4 is 14.9 Å². The van der Waals surface area contributed by atoms with Gasteiger partial charge in [0.1, 0.15) is 0 Å². The Labute approximate surface area is 186 Å². The van der Waals surface area contributed by atoms with Gasteiger partial charge in [-0.15, -0.1) is 5.10 Å². The third kappa shape index (κ3) is 5.25. The molecule has 10 heteroatoms. The fraction of sp³-hybridized carbons (Fsp3) is 0.238. The third-order valence-electron chi connectivity index (χ3n) is 4.88. The summed E-state index contributed by atoms with van der Waals surface area (Å²) in [5, 5.41) is 11.8. The van der Waals surface area contributed by atoms with Crippen molar-refractivity contribution in [3.05, 3.63) is 65.3 Å². The molecular formula is C21H22ClN5O3S. The zero-order valence-electron chi connectivity index (χ0n) is 16.9. The molecule has 0 atom stereocenters. The van der Waals surface area contributed by atoms with Gasteiger partial charge in [-0.1, -0.05) is 17.7 Å². The maximum atomic E-state index is 12.6. The molecule has 1 aromatic heterocycles. The van der Waals surface area contributed by atoms with Gasteiger partial charge in [0.2, 0.25) is 0 Å². The molecule has 2 aromatic carbocycles. The number of halogens is 1. The van der Waals surface area contributed by atoms with Crippen LogP contribution in [0.25, 0.3) is 0 Å². The van der Waals surface area contributed by atoms with E-state index in [9.17, 15) is 8.42 Å². The van der Waals surface area contributed by atoms with Crippen LogP contribution in [0.15, 0.2) is 59.6 Å². The molecule has 0 unspecified atom stereocenters. The summed E-state index contributed by atoms with van der Waals surface area (Å²) in [5.74, 6) is 0.603. The fourth-order valence-electron chi connectivity index (χ4n) is 3.14. The van der Waals surface area contributed by atoms with Crippen LogP contribution in [0.2, 0.25) is 5.02 Å². The van der Waals surface area contributed by atoms with Crippen LogP contribution in [-0.2, 0) is 14.8 Å². The van der Waals surface area contributed by atoms with Gasteiger partial charge in [0, 0.05) is 35.6 Å². The Bertz CT molecular complexity index is 1170. The molecule has 1 saturated heterocycles. The zero-order chi connectivity index (χ0) is 21.8. The number of hydrogen-bond acceptors (Lipinski definition) is 7. The quantitative estimate of drug-likeness (QED) is 0.578. The number of ether oxygens (including phenoxy) is 1. The molecule has 0 spiro atoms. The summed E-state index contributed by atoms with van der Waals surface area (Å²) < 4.78 is 33.2. The van der Waals surface area contributed by atoms with Gasteiger partial charge in [-0.05, 0) is 48.9 Å². The van der Waals surface area contributed by atoms with Crippen LogP contribution in [0, 0.1) is 6.92 Å². The van der Waals surface area contributed by atoms with Crippen molar-refractivity contribution in [3.8, 4) is 0 Å². The van der Waals surface area contributed by atoms with Gasteiger partial charge < -0.3 is 15.0 Å². The van der Waals surface area contributed by atoms with Crippen molar-refractivity contribution in [1.29, 1.82) is 0 Å². The highest BCUT2D eigenvalue weighted by Gasteiger charge is 2.16. The molecule has 4 rings (SSSR count). The highest BCUT2D eigenvalue weighted by atomic mass is 35.5. The average molecular weight is 460 g/mol. The SMILES string of the molecule is Cc1ccc(S(=O)(=O)Nc2ccc(Nc3cc(N4CCOCC4)cnn3)cc2)cc1Cl. The number of nitrogens with zero attached hydrogens (tertiary/aromatic N) is 3. The number of rotatable bonds is 6. The number of morpholine rings is 1. The van der Waals surface area contributed by atoms with Crippen LogP contribution in [-0.4, -0.2) is 44.9 Å². The largest absolute Gasteiger partial charge is 0.378 e. The fourth-order valence-corrected chi connectivity index (χ4v) is 4.47. The number of nitrogens with one attached hydrogen (secondary N) is 2. The van der Waals surface area contributed by atoms with Gasteiger partial charge in [0.15, 0.2) is 5.82 Å². The number of hydrogen-bond donors (Lipinski definition) is 2. The van der Waals surface area contributed by atoms with Crippen molar-refractivity contribution < 1.29 is 13.2 Å². The maximum Gasteiger partial charge on any atom is 0.261 e. The molecule has 1 aliphatic rings. The Kier molecular flexibility index (Phi) is 6.26. The van der Waals surface area contributed by atoms with Crippen molar-refractivity contribution in [2.24, 2.45) is 0 Å². The van der Waals surface area contributed by atoms with E-state index in [-0.39, 0.29) is 4.90 Å².